The summed E-state index contributed by atoms with van der Waals surface area (Å²) in [6.45, 7) is 12.8. The second kappa shape index (κ2) is 10.4. The second-order valence-electron chi connectivity index (χ2n) is 10.8. The first-order valence-corrected chi connectivity index (χ1v) is 13.7. The molecule has 2 aromatic rings. The minimum Gasteiger partial charge on any atom is -0.556 e. The quantitative estimate of drug-likeness (QED) is 0.462. The molecule has 34 heavy (non-hydrogen) atoms. The lowest BCUT2D eigenvalue weighted by Gasteiger charge is -2.56. The molecule has 3 rings (SSSR count). The Labute approximate surface area is 204 Å². The van der Waals surface area contributed by atoms with E-state index in [0.29, 0.717) is 0 Å². The SMILES string of the molecule is CC(C)(C)OC(=O)N1C[C@@H](C=O)OC[C@H]1CO[Si-](c1ccccc1)(c1ccccc1)C(C)(C)C. The average Bonchev–Trinajstić information content (AvgIpc) is 2.79. The van der Waals surface area contributed by atoms with Crippen molar-refractivity contribution in [2.24, 2.45) is 0 Å². The number of carbonyl (C=O) groups is 2. The van der Waals surface area contributed by atoms with Gasteiger partial charge in [-0.15, -0.1) is 5.04 Å². The van der Waals surface area contributed by atoms with Gasteiger partial charge >= 0.3 is 6.09 Å². The number of benzene rings is 2. The predicted molar refractivity (Wildman–Crippen MR) is 136 cm³/mol. The molecule has 1 aliphatic rings. The number of morpholine rings is 1. The molecule has 185 valence electrons. The van der Waals surface area contributed by atoms with Crippen molar-refractivity contribution < 1.29 is 23.5 Å². The highest BCUT2D eigenvalue weighted by Gasteiger charge is 2.40. The lowest BCUT2D eigenvalue weighted by Crippen LogP contribution is -2.68. The zero-order chi connectivity index (χ0) is 25.0. The molecule has 2 atom stereocenters. The fourth-order valence-corrected chi connectivity index (χ4v) is 9.07. The summed E-state index contributed by atoms with van der Waals surface area (Å²) in [6, 6.07) is 20.4. The van der Waals surface area contributed by atoms with E-state index in [0.717, 1.165) is 6.29 Å². The summed E-state index contributed by atoms with van der Waals surface area (Å²) in [5, 5.41) is 2.15. The Bertz CT molecular complexity index is 913. The van der Waals surface area contributed by atoms with Gasteiger partial charge in [0.25, 0.3) is 0 Å². The molecule has 1 fully saturated rings. The van der Waals surface area contributed by atoms with E-state index in [1.165, 1.54) is 10.4 Å². The van der Waals surface area contributed by atoms with Crippen molar-refractivity contribution in [2.45, 2.75) is 64.3 Å². The maximum atomic E-state index is 13.0. The number of hydrogen-bond acceptors (Lipinski definition) is 5. The van der Waals surface area contributed by atoms with Gasteiger partial charge in [0.15, 0.2) is 6.29 Å². The van der Waals surface area contributed by atoms with E-state index in [9.17, 15) is 9.59 Å². The molecule has 0 bridgehead atoms. The maximum Gasteiger partial charge on any atom is 0.410 e. The van der Waals surface area contributed by atoms with Crippen molar-refractivity contribution in [3.63, 3.8) is 0 Å². The van der Waals surface area contributed by atoms with E-state index in [1.54, 1.807) is 4.90 Å². The Morgan fingerprint density at radius 3 is 1.97 bits per heavy atom. The first-order chi connectivity index (χ1) is 16.0. The number of carbonyl (C=O) groups excluding carboxylic acids is 2. The summed E-state index contributed by atoms with van der Waals surface area (Å²) < 4.78 is 18.4. The van der Waals surface area contributed by atoms with Crippen LogP contribution >= 0.6 is 0 Å². The molecular formula is C27H37NO5Si-. The minimum atomic E-state index is -2.77. The Morgan fingerprint density at radius 1 is 1.00 bits per heavy atom. The van der Waals surface area contributed by atoms with Crippen molar-refractivity contribution in [3.8, 4) is 0 Å². The van der Waals surface area contributed by atoms with Gasteiger partial charge in [-0.25, -0.2) is 4.79 Å². The van der Waals surface area contributed by atoms with Crippen LogP contribution in [0.5, 0.6) is 0 Å². The van der Waals surface area contributed by atoms with Crippen LogP contribution in [0.4, 0.5) is 4.79 Å². The number of amides is 1. The molecule has 1 heterocycles. The fourth-order valence-electron chi connectivity index (χ4n) is 4.47. The minimum absolute atomic E-state index is 0.146. The van der Waals surface area contributed by atoms with Gasteiger partial charge in [-0.2, -0.15) is 10.4 Å². The normalized spacial score (nSPS) is 19.5. The summed E-state index contributed by atoms with van der Waals surface area (Å²) in [6.07, 6.45) is -0.397. The van der Waals surface area contributed by atoms with Crippen molar-refractivity contribution in [3.05, 3.63) is 60.7 Å². The molecule has 7 heteroatoms. The maximum absolute atomic E-state index is 13.0. The third kappa shape index (κ3) is 5.77. The van der Waals surface area contributed by atoms with Gasteiger partial charge in [0.2, 0.25) is 0 Å². The first kappa shape index (κ1) is 26.1. The van der Waals surface area contributed by atoms with Crippen LogP contribution in [0.25, 0.3) is 0 Å². The summed E-state index contributed by atoms with van der Waals surface area (Å²) in [5.41, 5.74) is -0.643. The van der Waals surface area contributed by atoms with E-state index in [1.807, 2.05) is 57.2 Å². The molecule has 0 aliphatic carbocycles. The first-order valence-electron chi connectivity index (χ1n) is 11.8. The second-order valence-corrected chi connectivity index (χ2v) is 15.1. The summed E-state index contributed by atoms with van der Waals surface area (Å²) >= 11 is 0. The van der Waals surface area contributed by atoms with Crippen molar-refractivity contribution >= 4 is 31.1 Å². The molecule has 1 amide bonds. The molecule has 0 saturated carbocycles. The zero-order valence-electron chi connectivity index (χ0n) is 21.1. The van der Waals surface area contributed by atoms with E-state index in [-0.39, 0.29) is 30.8 Å². The molecule has 0 spiro atoms. The predicted octanol–water partition coefficient (Wildman–Crippen LogP) is 3.77. The standard InChI is InChI=1S/C27H37NO5Si/c1-26(2,3)33-25(30)28-17-22(18-29)31-19-21(28)20-32-34(27(4,5)6,23-13-9-7-10-14-23)24-15-11-8-12-16-24/h7-16,18,21-22H,17,19-20H2,1-6H3/q-1/t21-,22-/m0/s1. The number of nitrogens with zero attached hydrogens (tertiary/aromatic N) is 1. The van der Waals surface area contributed by atoms with E-state index < -0.39 is 26.1 Å². The molecule has 1 aliphatic heterocycles. The van der Waals surface area contributed by atoms with Gasteiger partial charge in [-0.05, 0) is 20.8 Å². The number of ether oxygens (including phenoxy) is 2. The summed E-state index contributed by atoms with van der Waals surface area (Å²) in [7, 11) is -2.77. The average molecular weight is 484 g/mol. The lowest BCUT2D eigenvalue weighted by atomic mass is 10.2. The monoisotopic (exact) mass is 483 g/mol. The van der Waals surface area contributed by atoms with Crippen LogP contribution in [0.15, 0.2) is 60.7 Å². The Morgan fingerprint density at radius 2 is 1.53 bits per heavy atom. The molecular weight excluding hydrogens is 446 g/mol. The summed E-state index contributed by atoms with van der Waals surface area (Å²) in [5.74, 6) is 0. The molecule has 1 saturated heterocycles. The largest absolute Gasteiger partial charge is 0.556 e. The van der Waals surface area contributed by atoms with Gasteiger partial charge < -0.3 is 18.7 Å². The van der Waals surface area contributed by atoms with E-state index in [4.69, 9.17) is 13.9 Å². The highest BCUT2D eigenvalue weighted by molar-refractivity contribution is 6.99. The molecule has 0 aromatic heterocycles. The highest BCUT2D eigenvalue weighted by atomic mass is 28.4. The van der Waals surface area contributed by atoms with Gasteiger partial charge in [0, 0.05) is 6.61 Å². The van der Waals surface area contributed by atoms with Gasteiger partial charge in [0.05, 0.1) is 27.5 Å². The molecule has 6 nitrogen and oxygen atoms in total. The number of aldehydes is 1. The third-order valence-electron chi connectivity index (χ3n) is 6.01. The van der Waals surface area contributed by atoms with Crippen molar-refractivity contribution in [1.82, 2.24) is 4.90 Å². The molecule has 0 unspecified atom stereocenters. The molecule has 0 radical (unpaired) electrons. The zero-order valence-corrected chi connectivity index (χ0v) is 22.1. The van der Waals surface area contributed by atoms with Crippen LogP contribution in [-0.4, -0.2) is 63.1 Å². The summed E-state index contributed by atoms with van der Waals surface area (Å²) in [4.78, 5) is 26.0. The smallest absolute Gasteiger partial charge is 0.410 e. The van der Waals surface area contributed by atoms with Crippen LogP contribution in [0.2, 0.25) is 5.04 Å². The topological polar surface area (TPSA) is 65.1 Å². The number of rotatable bonds is 6. The Balaban J connectivity index is 1.98. The van der Waals surface area contributed by atoms with Crippen LogP contribution in [0.3, 0.4) is 0 Å². The van der Waals surface area contributed by atoms with Crippen LogP contribution in [-0.2, 0) is 18.7 Å². The van der Waals surface area contributed by atoms with E-state index >= 15 is 0 Å². The van der Waals surface area contributed by atoms with Gasteiger partial charge in [-0.1, -0.05) is 81.4 Å². The lowest BCUT2D eigenvalue weighted by molar-refractivity contribution is -0.128. The number of hydrogen-bond donors (Lipinski definition) is 0. The molecule has 0 N–H and O–H groups in total. The van der Waals surface area contributed by atoms with Crippen molar-refractivity contribution in [2.75, 3.05) is 19.8 Å². The highest BCUT2D eigenvalue weighted by Crippen LogP contribution is 2.37. The van der Waals surface area contributed by atoms with Crippen molar-refractivity contribution in [1.29, 1.82) is 0 Å². The van der Waals surface area contributed by atoms with E-state index in [2.05, 4.69) is 45.0 Å². The Kier molecular flexibility index (Phi) is 8.01. The van der Waals surface area contributed by atoms with Crippen LogP contribution in [0.1, 0.15) is 41.5 Å². The van der Waals surface area contributed by atoms with Gasteiger partial charge in [0.1, 0.15) is 11.7 Å². The fraction of sp³-hybridized carbons (Fsp3) is 0.481. The molecule has 2 aromatic carbocycles. The Hall–Kier alpha value is -2.48. The van der Waals surface area contributed by atoms with Gasteiger partial charge in [-0.3, -0.25) is 4.90 Å². The third-order valence-corrected chi connectivity index (χ3v) is 11.0. The van der Waals surface area contributed by atoms with Crippen LogP contribution in [0, 0.1) is 0 Å². The van der Waals surface area contributed by atoms with Crippen LogP contribution < -0.4 is 10.4 Å².